The molecule has 0 unspecified atom stereocenters. The highest BCUT2D eigenvalue weighted by molar-refractivity contribution is 7.13. The van der Waals surface area contributed by atoms with Gasteiger partial charge in [0, 0.05) is 6.54 Å². The monoisotopic (exact) mass is 385 g/mol. The SMILES string of the molecule is CCN(C[C@@H]1COc2ccccc2O1)C(=O)Cn1nnc(-c2cccs2)n1. The van der Waals surface area contributed by atoms with Gasteiger partial charge in [-0.25, -0.2) is 0 Å². The molecule has 140 valence electrons. The minimum atomic E-state index is -0.214. The van der Waals surface area contributed by atoms with E-state index in [1.807, 2.05) is 48.7 Å². The number of hydrogen-bond donors (Lipinski definition) is 0. The van der Waals surface area contributed by atoms with Gasteiger partial charge in [-0.05, 0) is 35.7 Å². The number of thiophene rings is 1. The summed E-state index contributed by atoms with van der Waals surface area (Å²) in [5, 5.41) is 14.2. The van der Waals surface area contributed by atoms with E-state index < -0.39 is 0 Å². The van der Waals surface area contributed by atoms with Crippen LogP contribution in [0.4, 0.5) is 0 Å². The molecule has 3 aromatic rings. The summed E-state index contributed by atoms with van der Waals surface area (Å²) in [6, 6.07) is 11.4. The average Bonchev–Trinajstić information content (AvgIpc) is 3.37. The van der Waals surface area contributed by atoms with Gasteiger partial charge in [-0.2, -0.15) is 4.80 Å². The number of carbonyl (C=O) groups excluding carboxylic acids is 1. The van der Waals surface area contributed by atoms with Gasteiger partial charge in [-0.1, -0.05) is 18.2 Å². The van der Waals surface area contributed by atoms with Crippen molar-refractivity contribution in [2.24, 2.45) is 0 Å². The predicted octanol–water partition coefficient (Wildman–Crippen LogP) is 2.09. The zero-order valence-corrected chi connectivity index (χ0v) is 15.6. The van der Waals surface area contributed by atoms with Gasteiger partial charge in [-0.3, -0.25) is 4.79 Å². The van der Waals surface area contributed by atoms with Gasteiger partial charge < -0.3 is 14.4 Å². The third kappa shape index (κ3) is 3.92. The van der Waals surface area contributed by atoms with Crippen molar-refractivity contribution >= 4 is 17.2 Å². The van der Waals surface area contributed by atoms with Crippen molar-refractivity contribution in [1.29, 1.82) is 0 Å². The van der Waals surface area contributed by atoms with Crippen LogP contribution in [0.1, 0.15) is 6.92 Å². The summed E-state index contributed by atoms with van der Waals surface area (Å²) in [5.41, 5.74) is 0. The molecule has 0 radical (unpaired) electrons. The fourth-order valence-electron chi connectivity index (χ4n) is 2.84. The number of amides is 1. The molecular weight excluding hydrogens is 366 g/mol. The Hall–Kier alpha value is -2.94. The number of para-hydroxylation sites is 2. The molecule has 0 N–H and O–H groups in total. The summed E-state index contributed by atoms with van der Waals surface area (Å²) in [5.74, 6) is 1.88. The van der Waals surface area contributed by atoms with E-state index in [-0.39, 0.29) is 18.6 Å². The van der Waals surface area contributed by atoms with Gasteiger partial charge in [-0.15, -0.1) is 21.5 Å². The zero-order valence-electron chi connectivity index (χ0n) is 14.8. The third-order valence-electron chi connectivity index (χ3n) is 4.20. The molecule has 1 atom stereocenters. The number of likely N-dealkylation sites (N-methyl/N-ethyl adjacent to an activating group) is 1. The second-order valence-electron chi connectivity index (χ2n) is 6.05. The van der Waals surface area contributed by atoms with Crippen molar-refractivity contribution in [3.05, 3.63) is 41.8 Å². The number of carbonyl (C=O) groups is 1. The zero-order chi connectivity index (χ0) is 18.6. The highest BCUT2D eigenvalue weighted by atomic mass is 32.1. The molecule has 9 heteroatoms. The maximum Gasteiger partial charge on any atom is 0.246 e. The van der Waals surface area contributed by atoms with E-state index in [2.05, 4.69) is 15.4 Å². The van der Waals surface area contributed by atoms with Gasteiger partial charge in [0.1, 0.15) is 13.2 Å². The molecule has 1 amide bonds. The topological polar surface area (TPSA) is 82.4 Å². The first kappa shape index (κ1) is 17.5. The fourth-order valence-corrected chi connectivity index (χ4v) is 3.49. The molecule has 0 saturated carbocycles. The highest BCUT2D eigenvalue weighted by Crippen LogP contribution is 2.31. The molecule has 2 aromatic heterocycles. The molecule has 4 rings (SSSR count). The van der Waals surface area contributed by atoms with Crippen LogP contribution in [-0.4, -0.2) is 56.8 Å². The summed E-state index contributed by atoms with van der Waals surface area (Å²) in [7, 11) is 0. The summed E-state index contributed by atoms with van der Waals surface area (Å²) in [6.07, 6.45) is -0.214. The molecule has 27 heavy (non-hydrogen) atoms. The van der Waals surface area contributed by atoms with E-state index in [0.29, 0.717) is 31.3 Å². The molecule has 0 spiro atoms. The lowest BCUT2D eigenvalue weighted by atomic mass is 10.2. The van der Waals surface area contributed by atoms with Gasteiger partial charge in [0.25, 0.3) is 0 Å². The lowest BCUT2D eigenvalue weighted by molar-refractivity contribution is -0.133. The van der Waals surface area contributed by atoms with Crippen molar-refractivity contribution in [3.63, 3.8) is 0 Å². The second-order valence-corrected chi connectivity index (χ2v) is 7.00. The molecule has 1 aromatic carbocycles. The molecule has 1 aliphatic heterocycles. The predicted molar refractivity (Wildman–Crippen MR) is 99.7 cm³/mol. The van der Waals surface area contributed by atoms with Crippen molar-refractivity contribution in [2.45, 2.75) is 19.6 Å². The standard InChI is InChI=1S/C18H19N5O3S/c1-2-22(10-13-12-25-14-6-3-4-7-15(14)26-13)17(24)11-23-20-18(19-21-23)16-8-5-9-27-16/h3-9,13H,2,10-12H2,1H3/t13-/m1/s1. The molecule has 1 aliphatic rings. The summed E-state index contributed by atoms with van der Waals surface area (Å²) >= 11 is 1.53. The maximum absolute atomic E-state index is 12.7. The van der Waals surface area contributed by atoms with Crippen LogP contribution in [0, 0.1) is 0 Å². The quantitative estimate of drug-likeness (QED) is 0.646. The number of rotatable bonds is 6. The average molecular weight is 385 g/mol. The third-order valence-corrected chi connectivity index (χ3v) is 5.06. The van der Waals surface area contributed by atoms with E-state index in [1.165, 1.54) is 16.1 Å². The summed E-state index contributed by atoms with van der Waals surface area (Å²) < 4.78 is 11.7. The van der Waals surface area contributed by atoms with Crippen LogP contribution in [0.3, 0.4) is 0 Å². The number of ether oxygens (including phenoxy) is 2. The first-order chi connectivity index (χ1) is 13.2. The van der Waals surface area contributed by atoms with Crippen molar-refractivity contribution in [1.82, 2.24) is 25.1 Å². The lowest BCUT2D eigenvalue weighted by Gasteiger charge is -2.30. The van der Waals surface area contributed by atoms with Gasteiger partial charge in [0.15, 0.2) is 17.6 Å². The van der Waals surface area contributed by atoms with Crippen LogP contribution in [0.5, 0.6) is 11.5 Å². The van der Waals surface area contributed by atoms with Gasteiger partial charge in [0.05, 0.1) is 11.4 Å². The second kappa shape index (κ2) is 7.75. The highest BCUT2D eigenvalue weighted by Gasteiger charge is 2.25. The fraction of sp³-hybridized carbons (Fsp3) is 0.333. The molecule has 0 saturated heterocycles. The van der Waals surface area contributed by atoms with E-state index >= 15 is 0 Å². The molecule has 0 bridgehead atoms. The Balaban J connectivity index is 1.37. The molecule has 8 nitrogen and oxygen atoms in total. The lowest BCUT2D eigenvalue weighted by Crippen LogP contribution is -2.44. The number of tetrazole rings is 1. The first-order valence-corrected chi connectivity index (χ1v) is 9.59. The summed E-state index contributed by atoms with van der Waals surface area (Å²) in [6.45, 7) is 3.38. The van der Waals surface area contributed by atoms with Crippen LogP contribution in [-0.2, 0) is 11.3 Å². The smallest absolute Gasteiger partial charge is 0.246 e. The van der Waals surface area contributed by atoms with Crippen molar-refractivity contribution in [3.8, 4) is 22.2 Å². The van der Waals surface area contributed by atoms with Gasteiger partial charge in [0.2, 0.25) is 11.7 Å². The minimum Gasteiger partial charge on any atom is -0.486 e. The van der Waals surface area contributed by atoms with E-state index in [4.69, 9.17) is 9.47 Å². The van der Waals surface area contributed by atoms with Crippen LogP contribution in [0.15, 0.2) is 41.8 Å². The molecule has 0 aliphatic carbocycles. The Morgan fingerprint density at radius 2 is 2.15 bits per heavy atom. The normalized spacial score (nSPS) is 15.5. The Kier molecular flexibility index (Phi) is 5.01. The van der Waals surface area contributed by atoms with Gasteiger partial charge >= 0.3 is 0 Å². The van der Waals surface area contributed by atoms with Crippen molar-refractivity contribution < 1.29 is 14.3 Å². The van der Waals surface area contributed by atoms with E-state index in [9.17, 15) is 4.79 Å². The Morgan fingerprint density at radius 1 is 1.30 bits per heavy atom. The first-order valence-electron chi connectivity index (χ1n) is 8.71. The molecular formula is C18H19N5O3S. The largest absolute Gasteiger partial charge is 0.486 e. The Morgan fingerprint density at radius 3 is 2.93 bits per heavy atom. The maximum atomic E-state index is 12.7. The number of benzene rings is 1. The van der Waals surface area contributed by atoms with Crippen LogP contribution in [0.25, 0.3) is 10.7 Å². The number of hydrogen-bond acceptors (Lipinski definition) is 7. The molecule has 3 heterocycles. The number of aromatic nitrogens is 4. The van der Waals surface area contributed by atoms with Crippen LogP contribution < -0.4 is 9.47 Å². The molecule has 0 fully saturated rings. The Bertz CT molecular complexity index is 911. The van der Waals surface area contributed by atoms with Crippen LogP contribution >= 0.6 is 11.3 Å². The van der Waals surface area contributed by atoms with E-state index in [1.54, 1.807) is 4.90 Å². The number of nitrogens with zero attached hydrogens (tertiary/aromatic N) is 5. The minimum absolute atomic E-state index is 0.0381. The van der Waals surface area contributed by atoms with Crippen molar-refractivity contribution in [2.75, 3.05) is 19.7 Å². The number of fused-ring (bicyclic) bond motifs is 1. The van der Waals surface area contributed by atoms with E-state index in [0.717, 1.165) is 10.6 Å². The Labute approximate surface area is 160 Å². The summed E-state index contributed by atoms with van der Waals surface area (Å²) in [4.78, 5) is 16.6. The van der Waals surface area contributed by atoms with Crippen LogP contribution in [0.2, 0.25) is 0 Å².